The van der Waals surface area contributed by atoms with Crippen molar-refractivity contribution < 1.29 is 47.7 Å². The molecule has 0 aliphatic carbocycles. The number of carbonyl (C=O) groups excluding carboxylic acids is 2. The summed E-state index contributed by atoms with van der Waals surface area (Å²) < 4.78 is 31.9. The average molecular weight is 653 g/mol. The van der Waals surface area contributed by atoms with E-state index in [1.54, 1.807) is 14.2 Å². The van der Waals surface area contributed by atoms with E-state index >= 15 is 0 Å². The molecule has 0 atom stereocenters. The maximum atomic E-state index is 13.9. The van der Waals surface area contributed by atoms with E-state index < -0.39 is 11.8 Å². The van der Waals surface area contributed by atoms with Crippen LogP contribution in [-0.2, 0) is 47.7 Å². The second-order valence-corrected chi connectivity index (χ2v) is 11.3. The van der Waals surface area contributed by atoms with Gasteiger partial charge in [-0.15, -0.1) is 22.7 Å². The normalized spacial score (nSPS) is 15.0. The van der Waals surface area contributed by atoms with Gasteiger partial charge in [0.25, 0.3) is 11.8 Å². The predicted molar refractivity (Wildman–Crippen MR) is 164 cm³/mol. The van der Waals surface area contributed by atoms with E-state index in [4.69, 9.17) is 38.1 Å². The van der Waals surface area contributed by atoms with E-state index in [9.17, 15) is 9.59 Å². The van der Waals surface area contributed by atoms with E-state index in [0.29, 0.717) is 90.3 Å². The number of rotatable bonds is 24. The first-order valence-electron chi connectivity index (χ1n) is 14.5. The third kappa shape index (κ3) is 9.26. The fourth-order valence-corrected chi connectivity index (χ4v) is 5.86. The van der Waals surface area contributed by atoms with Crippen LogP contribution in [0.5, 0.6) is 0 Å². The number of amides is 2. The van der Waals surface area contributed by atoms with Crippen LogP contribution in [0.3, 0.4) is 0 Å². The maximum absolute atomic E-state index is 13.9. The molecular weight excluding hydrogens is 612 g/mol. The molecule has 0 N–H and O–H groups in total. The molecule has 0 radical (unpaired) electrons. The minimum Gasteiger partial charge on any atom is -0.382 e. The summed E-state index contributed by atoms with van der Waals surface area (Å²) >= 11 is 2.85. The van der Waals surface area contributed by atoms with Crippen molar-refractivity contribution in [3.8, 4) is 0 Å². The lowest BCUT2D eigenvalue weighted by atomic mass is 10.1. The van der Waals surface area contributed by atoms with Gasteiger partial charge in [0.15, 0.2) is 0 Å². The summed E-state index contributed by atoms with van der Waals surface area (Å²) in [7, 11) is 3.25. The highest BCUT2D eigenvalue weighted by Gasteiger charge is 2.51. The highest BCUT2D eigenvalue weighted by atomic mass is 32.1. The zero-order valence-corrected chi connectivity index (χ0v) is 26.8. The molecule has 2 aromatic heterocycles. The summed E-state index contributed by atoms with van der Waals surface area (Å²) in [5.41, 5.74) is 1.40. The number of methoxy groups -OCH3 is 2. The number of thiophene rings is 2. The molecule has 14 heteroatoms. The lowest BCUT2D eigenvalue weighted by Gasteiger charge is -2.23. The van der Waals surface area contributed by atoms with Crippen LogP contribution in [0.2, 0.25) is 0 Å². The molecule has 0 saturated heterocycles. The van der Waals surface area contributed by atoms with Gasteiger partial charge in [0.2, 0.25) is 0 Å². The van der Waals surface area contributed by atoms with E-state index in [0.717, 1.165) is 9.75 Å². The van der Waals surface area contributed by atoms with Crippen molar-refractivity contribution in [1.29, 1.82) is 0 Å². The van der Waals surface area contributed by atoms with Gasteiger partial charge in [-0.1, -0.05) is 12.1 Å². The van der Waals surface area contributed by atoms with Gasteiger partial charge >= 0.3 is 0 Å². The monoisotopic (exact) mass is 652 g/mol. The second-order valence-electron chi connectivity index (χ2n) is 9.41. The Kier molecular flexibility index (Phi) is 14.9. The molecule has 0 unspecified atom stereocenters. The Morgan fingerprint density at radius 3 is 1.30 bits per heavy atom. The Labute approximate surface area is 265 Å². The maximum Gasteiger partial charge on any atom is 0.285 e. The van der Waals surface area contributed by atoms with Gasteiger partial charge < -0.3 is 28.4 Å². The second kappa shape index (κ2) is 19.1. The van der Waals surface area contributed by atoms with Crippen LogP contribution in [0.25, 0.3) is 11.4 Å². The number of hydrogen-bond donors (Lipinski definition) is 0. The van der Waals surface area contributed by atoms with Gasteiger partial charge in [-0.05, 0) is 35.7 Å². The molecule has 242 valence electrons. The molecule has 2 aromatic rings. The molecule has 2 amide bonds. The number of fused-ring (bicyclic) bond motifs is 1. The van der Waals surface area contributed by atoms with Crippen LogP contribution < -0.4 is 0 Å². The molecule has 2 aliphatic rings. The van der Waals surface area contributed by atoms with Gasteiger partial charge in [0, 0.05) is 27.4 Å². The molecule has 44 heavy (non-hydrogen) atoms. The SMILES string of the molecule is COCCOCCOCCCON1C(=O)C2=C(c3cccs3)N(OCCCOCCOCCOC)C(=O)C2=C1c1cccs1. The first-order valence-corrected chi connectivity index (χ1v) is 16.2. The number of nitrogens with zero attached hydrogens (tertiary/aromatic N) is 2. The molecule has 4 rings (SSSR count). The molecule has 0 fully saturated rings. The van der Waals surface area contributed by atoms with E-state index in [2.05, 4.69) is 0 Å². The lowest BCUT2D eigenvalue weighted by Crippen LogP contribution is -2.30. The minimum absolute atomic E-state index is 0.228. The molecule has 2 aliphatic heterocycles. The summed E-state index contributed by atoms with van der Waals surface area (Å²) in [6.45, 7) is 5.30. The van der Waals surface area contributed by atoms with Gasteiger partial charge in [-0.3, -0.25) is 19.3 Å². The highest BCUT2D eigenvalue weighted by Crippen LogP contribution is 2.48. The Hall–Kier alpha value is -2.50. The standard InChI is InChI=1S/C30H40N2O10S2/c1-35-13-15-39-19-17-37-9-5-11-41-31-27(23-7-3-21-43-23)25-26(29(31)33)28(24-8-4-22-44-24)32(30(25)34)42-12-6-10-38-18-20-40-16-14-36-2/h3-4,7-8,21-22H,5-6,9-20H2,1-2H3. The summed E-state index contributed by atoms with van der Waals surface area (Å²) in [4.78, 5) is 41.3. The fraction of sp³-hybridized carbons (Fsp3) is 0.533. The van der Waals surface area contributed by atoms with Crippen LogP contribution in [0.15, 0.2) is 46.2 Å². The van der Waals surface area contributed by atoms with Gasteiger partial charge in [0.05, 0.1) is 87.0 Å². The minimum atomic E-state index is -0.407. The van der Waals surface area contributed by atoms with Gasteiger partial charge in [-0.2, -0.15) is 10.1 Å². The number of hydrogen-bond acceptors (Lipinski definition) is 12. The van der Waals surface area contributed by atoms with E-state index in [1.165, 1.54) is 32.8 Å². The van der Waals surface area contributed by atoms with Crippen LogP contribution in [-0.4, -0.2) is 115 Å². The zero-order chi connectivity index (χ0) is 31.0. The van der Waals surface area contributed by atoms with Crippen molar-refractivity contribution in [1.82, 2.24) is 10.1 Å². The predicted octanol–water partition coefficient (Wildman–Crippen LogP) is 3.62. The first kappa shape index (κ1) is 34.4. The zero-order valence-electron chi connectivity index (χ0n) is 25.2. The van der Waals surface area contributed by atoms with Crippen molar-refractivity contribution in [2.24, 2.45) is 0 Å². The fourth-order valence-electron chi connectivity index (χ4n) is 4.34. The highest BCUT2D eigenvalue weighted by molar-refractivity contribution is 7.11. The molecular formula is C30H40N2O10S2. The topological polar surface area (TPSA) is 114 Å². The number of carbonyl (C=O) groups is 2. The van der Waals surface area contributed by atoms with Crippen molar-refractivity contribution in [2.75, 3.05) is 93.5 Å². The Morgan fingerprint density at radius 2 is 0.932 bits per heavy atom. The smallest absolute Gasteiger partial charge is 0.285 e. The average Bonchev–Trinajstić information content (AvgIpc) is 3.83. The van der Waals surface area contributed by atoms with E-state index in [1.807, 2.05) is 35.0 Å². The van der Waals surface area contributed by atoms with E-state index in [-0.39, 0.29) is 24.4 Å². The van der Waals surface area contributed by atoms with Crippen molar-refractivity contribution in [2.45, 2.75) is 12.8 Å². The van der Waals surface area contributed by atoms with Gasteiger partial charge in [0.1, 0.15) is 11.4 Å². The number of hydroxylamine groups is 4. The van der Waals surface area contributed by atoms with Crippen molar-refractivity contribution >= 4 is 45.9 Å². The van der Waals surface area contributed by atoms with Crippen LogP contribution >= 0.6 is 22.7 Å². The third-order valence-electron chi connectivity index (χ3n) is 6.35. The lowest BCUT2D eigenvalue weighted by molar-refractivity contribution is -0.163. The Bertz CT molecular complexity index is 1120. The van der Waals surface area contributed by atoms with Crippen LogP contribution in [0.1, 0.15) is 22.6 Å². The van der Waals surface area contributed by atoms with Crippen molar-refractivity contribution in [3.05, 3.63) is 55.9 Å². The summed E-state index contributed by atoms with van der Waals surface area (Å²) in [6.07, 6.45) is 1.10. The first-order chi connectivity index (χ1) is 21.7. The number of ether oxygens (including phenoxy) is 6. The van der Waals surface area contributed by atoms with Crippen molar-refractivity contribution in [3.63, 3.8) is 0 Å². The molecule has 0 bridgehead atoms. The van der Waals surface area contributed by atoms with Crippen LogP contribution in [0, 0.1) is 0 Å². The molecule has 0 saturated carbocycles. The largest absolute Gasteiger partial charge is 0.382 e. The third-order valence-corrected chi connectivity index (χ3v) is 8.10. The summed E-state index contributed by atoms with van der Waals surface area (Å²) in [5.74, 6) is -0.814. The van der Waals surface area contributed by atoms with Gasteiger partial charge in [-0.25, -0.2) is 0 Å². The Morgan fingerprint density at radius 1 is 0.545 bits per heavy atom. The Balaban J connectivity index is 1.38. The molecule has 12 nitrogen and oxygen atoms in total. The molecule has 4 heterocycles. The summed E-state index contributed by atoms with van der Waals surface area (Å²) in [6, 6.07) is 7.47. The molecule has 0 spiro atoms. The molecule has 0 aromatic carbocycles. The summed E-state index contributed by atoms with van der Waals surface area (Å²) in [5, 5.41) is 6.28. The quantitative estimate of drug-likeness (QED) is 0.156. The van der Waals surface area contributed by atoms with Crippen LogP contribution in [0.4, 0.5) is 0 Å².